The normalized spacial score (nSPS) is 14.1. The molecule has 0 fully saturated rings. The fourth-order valence-electron chi connectivity index (χ4n) is 2.48. The van der Waals surface area contributed by atoms with E-state index in [0.29, 0.717) is 17.7 Å². The van der Waals surface area contributed by atoms with Crippen LogP contribution in [-0.2, 0) is 19.4 Å². The van der Waals surface area contributed by atoms with Crippen molar-refractivity contribution in [3.8, 4) is 0 Å². The van der Waals surface area contributed by atoms with Gasteiger partial charge < -0.3 is 15.1 Å². The fraction of sp³-hybridized carbons (Fsp3) is 0.267. The Bertz CT molecular complexity index is 540. The van der Waals surface area contributed by atoms with Crippen LogP contribution in [0.1, 0.15) is 16.9 Å². The topological polar surface area (TPSA) is 37.2 Å². The molecule has 1 aromatic heterocycles. The van der Waals surface area contributed by atoms with E-state index in [4.69, 9.17) is 16.6 Å². The maximum Gasteiger partial charge on any atom is 0.166 e. The number of fused-ring (bicyclic) bond motifs is 1. The maximum absolute atomic E-state index is 5.31. The minimum atomic E-state index is 0.397. The maximum atomic E-state index is 5.31. The summed E-state index contributed by atoms with van der Waals surface area (Å²) in [5, 5.41) is 7.22. The van der Waals surface area contributed by atoms with Gasteiger partial charge in [-0.3, -0.25) is 0 Å². The SMILES string of the molecule is S=C(NCc1ccco1)NC1Cc2ccccc2C1. The van der Waals surface area contributed by atoms with Gasteiger partial charge in [0.2, 0.25) is 0 Å². The monoisotopic (exact) mass is 272 g/mol. The highest BCUT2D eigenvalue weighted by molar-refractivity contribution is 7.80. The number of benzene rings is 1. The van der Waals surface area contributed by atoms with Gasteiger partial charge in [0, 0.05) is 6.04 Å². The van der Waals surface area contributed by atoms with Crippen LogP contribution in [0.4, 0.5) is 0 Å². The first kappa shape index (κ1) is 12.2. The highest BCUT2D eigenvalue weighted by Gasteiger charge is 2.21. The van der Waals surface area contributed by atoms with Crippen molar-refractivity contribution in [3.05, 3.63) is 59.5 Å². The third-order valence-electron chi connectivity index (χ3n) is 3.39. The summed E-state index contributed by atoms with van der Waals surface area (Å²) in [7, 11) is 0. The largest absolute Gasteiger partial charge is 0.467 e. The summed E-state index contributed by atoms with van der Waals surface area (Å²) >= 11 is 5.31. The first-order valence-electron chi connectivity index (χ1n) is 6.45. The second-order valence-corrected chi connectivity index (χ2v) is 5.19. The first-order valence-corrected chi connectivity index (χ1v) is 6.85. The summed E-state index contributed by atoms with van der Waals surface area (Å²) in [5.74, 6) is 0.888. The Morgan fingerprint density at radius 2 is 1.89 bits per heavy atom. The minimum absolute atomic E-state index is 0.397. The molecule has 0 saturated carbocycles. The lowest BCUT2D eigenvalue weighted by molar-refractivity contribution is 0.501. The Labute approximate surface area is 118 Å². The lowest BCUT2D eigenvalue weighted by Gasteiger charge is -2.15. The van der Waals surface area contributed by atoms with E-state index in [1.54, 1.807) is 6.26 Å². The molecule has 2 aromatic rings. The van der Waals surface area contributed by atoms with Crippen molar-refractivity contribution >= 4 is 17.3 Å². The van der Waals surface area contributed by atoms with Gasteiger partial charge >= 0.3 is 0 Å². The van der Waals surface area contributed by atoms with Crippen molar-refractivity contribution in [1.82, 2.24) is 10.6 Å². The summed E-state index contributed by atoms with van der Waals surface area (Å²) in [6.07, 6.45) is 3.75. The van der Waals surface area contributed by atoms with Gasteiger partial charge in [0.25, 0.3) is 0 Å². The van der Waals surface area contributed by atoms with Crippen molar-refractivity contribution in [2.24, 2.45) is 0 Å². The molecule has 0 saturated heterocycles. The first-order chi connectivity index (χ1) is 9.31. The molecule has 1 aliphatic carbocycles. The van der Waals surface area contributed by atoms with Crippen LogP contribution in [0.3, 0.4) is 0 Å². The van der Waals surface area contributed by atoms with Gasteiger partial charge in [-0.2, -0.15) is 0 Å². The van der Waals surface area contributed by atoms with Gasteiger partial charge in [-0.05, 0) is 48.3 Å². The summed E-state index contributed by atoms with van der Waals surface area (Å²) in [5.41, 5.74) is 2.85. The molecule has 1 heterocycles. The molecule has 98 valence electrons. The van der Waals surface area contributed by atoms with Gasteiger partial charge in [0.05, 0.1) is 12.8 Å². The predicted octanol–water partition coefficient (Wildman–Crippen LogP) is 2.41. The number of thiocarbonyl (C=S) groups is 1. The van der Waals surface area contributed by atoms with Crippen LogP contribution in [0.5, 0.6) is 0 Å². The average molecular weight is 272 g/mol. The number of rotatable bonds is 3. The van der Waals surface area contributed by atoms with Crippen molar-refractivity contribution in [2.75, 3.05) is 0 Å². The van der Waals surface area contributed by atoms with Crippen molar-refractivity contribution in [2.45, 2.75) is 25.4 Å². The average Bonchev–Trinajstić information content (AvgIpc) is 3.04. The fourth-order valence-corrected chi connectivity index (χ4v) is 2.72. The van der Waals surface area contributed by atoms with Crippen LogP contribution in [0.2, 0.25) is 0 Å². The molecule has 0 amide bonds. The van der Waals surface area contributed by atoms with Crippen LogP contribution in [-0.4, -0.2) is 11.2 Å². The zero-order valence-corrected chi connectivity index (χ0v) is 11.4. The van der Waals surface area contributed by atoms with Crippen LogP contribution >= 0.6 is 12.2 Å². The van der Waals surface area contributed by atoms with Crippen LogP contribution in [0, 0.1) is 0 Å². The lowest BCUT2D eigenvalue weighted by Crippen LogP contribution is -2.41. The number of furan rings is 1. The van der Waals surface area contributed by atoms with Crippen LogP contribution in [0.25, 0.3) is 0 Å². The summed E-state index contributed by atoms with van der Waals surface area (Å²) < 4.78 is 5.25. The van der Waals surface area contributed by atoms with Gasteiger partial charge in [-0.25, -0.2) is 0 Å². The van der Waals surface area contributed by atoms with E-state index in [9.17, 15) is 0 Å². The standard InChI is InChI=1S/C15H16N2OS/c19-15(16-10-14-6-3-7-18-14)17-13-8-11-4-1-2-5-12(11)9-13/h1-7,13H,8-10H2,(H2,16,17,19). The molecule has 2 N–H and O–H groups in total. The van der Waals surface area contributed by atoms with E-state index in [-0.39, 0.29) is 0 Å². The van der Waals surface area contributed by atoms with E-state index in [2.05, 4.69) is 34.9 Å². The molecular formula is C15H16N2OS. The molecule has 0 spiro atoms. The van der Waals surface area contributed by atoms with Gasteiger partial charge in [-0.1, -0.05) is 24.3 Å². The Morgan fingerprint density at radius 1 is 1.16 bits per heavy atom. The predicted molar refractivity (Wildman–Crippen MR) is 78.9 cm³/mol. The Morgan fingerprint density at radius 3 is 2.53 bits per heavy atom. The molecular weight excluding hydrogens is 256 g/mol. The number of hydrogen-bond acceptors (Lipinski definition) is 2. The van der Waals surface area contributed by atoms with E-state index < -0.39 is 0 Å². The number of nitrogens with one attached hydrogen (secondary N) is 2. The Balaban J connectivity index is 1.49. The smallest absolute Gasteiger partial charge is 0.166 e. The molecule has 0 bridgehead atoms. The second kappa shape index (κ2) is 5.45. The van der Waals surface area contributed by atoms with Gasteiger partial charge in [-0.15, -0.1) is 0 Å². The highest BCUT2D eigenvalue weighted by atomic mass is 32.1. The van der Waals surface area contributed by atoms with Crippen molar-refractivity contribution < 1.29 is 4.42 Å². The molecule has 0 atom stereocenters. The van der Waals surface area contributed by atoms with E-state index in [0.717, 1.165) is 18.6 Å². The molecule has 0 radical (unpaired) electrons. The zero-order chi connectivity index (χ0) is 13.1. The Kier molecular flexibility index (Phi) is 3.51. The molecule has 4 heteroatoms. The quantitative estimate of drug-likeness (QED) is 0.841. The molecule has 3 rings (SSSR count). The lowest BCUT2D eigenvalue weighted by atomic mass is 10.1. The summed E-state index contributed by atoms with van der Waals surface area (Å²) in [6.45, 7) is 0.624. The van der Waals surface area contributed by atoms with Crippen LogP contribution < -0.4 is 10.6 Å². The molecule has 0 aliphatic heterocycles. The third-order valence-corrected chi connectivity index (χ3v) is 3.65. The van der Waals surface area contributed by atoms with E-state index >= 15 is 0 Å². The Hall–Kier alpha value is -1.81. The molecule has 19 heavy (non-hydrogen) atoms. The molecule has 3 nitrogen and oxygen atoms in total. The summed E-state index contributed by atoms with van der Waals surface area (Å²) in [4.78, 5) is 0. The van der Waals surface area contributed by atoms with Crippen LogP contribution in [0.15, 0.2) is 47.1 Å². The zero-order valence-electron chi connectivity index (χ0n) is 10.6. The third kappa shape index (κ3) is 2.96. The highest BCUT2D eigenvalue weighted by Crippen LogP contribution is 2.21. The molecule has 1 aromatic carbocycles. The van der Waals surface area contributed by atoms with Crippen molar-refractivity contribution in [3.63, 3.8) is 0 Å². The van der Waals surface area contributed by atoms with Gasteiger partial charge in [0.1, 0.15) is 5.76 Å². The number of hydrogen-bond donors (Lipinski definition) is 2. The minimum Gasteiger partial charge on any atom is -0.467 e. The van der Waals surface area contributed by atoms with Gasteiger partial charge in [0.15, 0.2) is 5.11 Å². The van der Waals surface area contributed by atoms with E-state index in [1.807, 2.05) is 12.1 Å². The van der Waals surface area contributed by atoms with E-state index in [1.165, 1.54) is 11.1 Å². The molecule has 0 unspecified atom stereocenters. The van der Waals surface area contributed by atoms with Crippen molar-refractivity contribution in [1.29, 1.82) is 0 Å². The second-order valence-electron chi connectivity index (χ2n) is 4.78. The molecule has 1 aliphatic rings. The summed E-state index contributed by atoms with van der Waals surface area (Å²) in [6, 6.07) is 12.8.